The van der Waals surface area contributed by atoms with Crippen molar-refractivity contribution in [1.82, 2.24) is 25.2 Å². The van der Waals surface area contributed by atoms with Crippen LogP contribution in [0.5, 0.6) is 0 Å². The largest absolute Gasteiger partial charge is 0.340 e. The van der Waals surface area contributed by atoms with Crippen molar-refractivity contribution in [1.29, 1.82) is 0 Å². The molecule has 1 saturated heterocycles. The molecule has 1 aromatic carbocycles. The van der Waals surface area contributed by atoms with Crippen LogP contribution in [0.4, 0.5) is 10.1 Å². The van der Waals surface area contributed by atoms with E-state index in [9.17, 15) is 18.8 Å². The van der Waals surface area contributed by atoms with E-state index in [1.807, 2.05) is 27.0 Å². The van der Waals surface area contributed by atoms with E-state index in [4.69, 9.17) is 0 Å². The number of carbonyl (C=O) groups excluding carboxylic acids is 3. The molecule has 3 fully saturated rings. The van der Waals surface area contributed by atoms with Crippen LogP contribution in [0.3, 0.4) is 0 Å². The van der Waals surface area contributed by atoms with Gasteiger partial charge in [0.1, 0.15) is 23.4 Å². The van der Waals surface area contributed by atoms with Gasteiger partial charge in [0.2, 0.25) is 17.7 Å². The molecule has 0 radical (unpaired) electrons. The van der Waals surface area contributed by atoms with Gasteiger partial charge in [-0.3, -0.25) is 14.4 Å². The van der Waals surface area contributed by atoms with E-state index >= 15 is 0 Å². The quantitative estimate of drug-likeness (QED) is 0.612. The number of nitrogens with zero attached hydrogens (tertiary/aromatic N) is 4. The maximum atomic E-state index is 13.8. The van der Waals surface area contributed by atoms with Crippen LogP contribution >= 0.6 is 0 Å². The molecular formula is C26H33FN6O3. The molecule has 3 amide bonds. The molecule has 2 unspecified atom stereocenters. The lowest BCUT2D eigenvalue weighted by Gasteiger charge is -2.35. The third kappa shape index (κ3) is 4.85. The SMILES string of the molecule is CC(C)(C)C(C(=O)N1CCCC1C(=O)NC1(C(=O)Nc2ccc(F)cc2)CC1)n1cc(C2CC2)nn1. The summed E-state index contributed by atoms with van der Waals surface area (Å²) in [5, 5.41) is 14.3. The second kappa shape index (κ2) is 8.97. The van der Waals surface area contributed by atoms with Gasteiger partial charge in [-0.1, -0.05) is 26.0 Å². The van der Waals surface area contributed by atoms with Gasteiger partial charge in [0.25, 0.3) is 0 Å². The third-order valence-electron chi connectivity index (χ3n) is 7.33. The molecule has 5 rings (SSSR count). The Kier molecular flexibility index (Phi) is 6.08. The Labute approximate surface area is 209 Å². The first-order valence-electron chi connectivity index (χ1n) is 12.7. The smallest absolute Gasteiger partial charge is 0.250 e. The molecule has 0 bridgehead atoms. The Morgan fingerprint density at radius 3 is 2.42 bits per heavy atom. The van der Waals surface area contributed by atoms with Gasteiger partial charge in [0.05, 0.1) is 5.69 Å². The Morgan fingerprint density at radius 1 is 1.11 bits per heavy atom. The van der Waals surface area contributed by atoms with Crippen LogP contribution in [0.25, 0.3) is 0 Å². The first-order chi connectivity index (χ1) is 17.1. The minimum absolute atomic E-state index is 0.159. The highest BCUT2D eigenvalue weighted by molar-refractivity contribution is 6.03. The van der Waals surface area contributed by atoms with Crippen molar-refractivity contribution in [3.8, 4) is 0 Å². The summed E-state index contributed by atoms with van der Waals surface area (Å²) in [6.07, 6.45) is 6.33. The monoisotopic (exact) mass is 496 g/mol. The fourth-order valence-corrected chi connectivity index (χ4v) is 4.96. The topological polar surface area (TPSA) is 109 Å². The summed E-state index contributed by atoms with van der Waals surface area (Å²) in [5.41, 5.74) is -0.0687. The molecule has 2 atom stereocenters. The van der Waals surface area contributed by atoms with Gasteiger partial charge in [-0.25, -0.2) is 9.07 Å². The van der Waals surface area contributed by atoms with Gasteiger partial charge < -0.3 is 15.5 Å². The van der Waals surface area contributed by atoms with Crippen molar-refractivity contribution >= 4 is 23.4 Å². The Hall–Kier alpha value is -3.30. The van der Waals surface area contributed by atoms with Gasteiger partial charge in [-0.15, -0.1) is 5.10 Å². The number of rotatable bonds is 7. The van der Waals surface area contributed by atoms with Crippen LogP contribution in [-0.4, -0.2) is 55.7 Å². The zero-order chi connectivity index (χ0) is 25.7. The van der Waals surface area contributed by atoms with Gasteiger partial charge in [-0.2, -0.15) is 0 Å². The normalized spacial score (nSPS) is 21.7. The number of halogens is 1. The third-order valence-corrected chi connectivity index (χ3v) is 7.33. The summed E-state index contributed by atoms with van der Waals surface area (Å²) in [6, 6.07) is 4.25. The fourth-order valence-electron chi connectivity index (χ4n) is 4.96. The number of carbonyl (C=O) groups is 3. The number of likely N-dealkylation sites (tertiary alicyclic amines) is 1. The van der Waals surface area contributed by atoms with Crippen molar-refractivity contribution in [3.05, 3.63) is 42.0 Å². The summed E-state index contributed by atoms with van der Waals surface area (Å²) < 4.78 is 14.8. The highest BCUT2D eigenvalue weighted by Gasteiger charge is 2.53. The van der Waals surface area contributed by atoms with E-state index in [1.54, 1.807) is 9.58 Å². The van der Waals surface area contributed by atoms with E-state index in [-0.39, 0.29) is 17.7 Å². The first-order valence-corrected chi connectivity index (χ1v) is 12.7. The molecule has 2 aliphatic carbocycles. The molecule has 2 saturated carbocycles. The van der Waals surface area contributed by atoms with Crippen molar-refractivity contribution in [2.45, 2.75) is 82.8 Å². The predicted molar refractivity (Wildman–Crippen MR) is 130 cm³/mol. The molecule has 9 nitrogen and oxygen atoms in total. The van der Waals surface area contributed by atoms with Crippen molar-refractivity contribution < 1.29 is 18.8 Å². The maximum Gasteiger partial charge on any atom is 0.250 e. The number of hydrogen-bond donors (Lipinski definition) is 2. The van der Waals surface area contributed by atoms with Gasteiger partial charge in [-0.05, 0) is 68.2 Å². The lowest BCUT2D eigenvalue weighted by molar-refractivity contribution is -0.144. The summed E-state index contributed by atoms with van der Waals surface area (Å²) >= 11 is 0. The van der Waals surface area contributed by atoms with Crippen LogP contribution in [0.1, 0.15) is 76.9 Å². The van der Waals surface area contributed by atoms with Gasteiger partial charge in [0.15, 0.2) is 0 Å². The highest BCUT2D eigenvalue weighted by atomic mass is 19.1. The van der Waals surface area contributed by atoms with Crippen LogP contribution < -0.4 is 10.6 Å². The zero-order valence-corrected chi connectivity index (χ0v) is 21.0. The van der Waals surface area contributed by atoms with E-state index in [0.29, 0.717) is 43.8 Å². The average Bonchev–Trinajstić information content (AvgIpc) is 3.71. The van der Waals surface area contributed by atoms with E-state index in [2.05, 4.69) is 20.9 Å². The van der Waals surface area contributed by atoms with E-state index < -0.39 is 28.9 Å². The lowest BCUT2D eigenvalue weighted by atomic mass is 9.85. The molecule has 0 spiro atoms. The number of benzene rings is 1. The van der Waals surface area contributed by atoms with Crippen molar-refractivity contribution in [2.75, 3.05) is 11.9 Å². The molecule has 2 heterocycles. The number of hydrogen-bond acceptors (Lipinski definition) is 5. The summed E-state index contributed by atoms with van der Waals surface area (Å²) in [5.74, 6) is -0.779. The van der Waals surface area contributed by atoms with E-state index in [0.717, 1.165) is 18.5 Å². The highest BCUT2D eigenvalue weighted by Crippen LogP contribution is 2.41. The summed E-state index contributed by atoms with van der Waals surface area (Å²) in [6.45, 7) is 6.43. The standard InChI is InChI=1S/C26H33FN6O3/c1-25(2,3)21(33-15-19(30-31-33)16-6-7-16)23(35)32-14-4-5-20(32)22(34)29-26(12-13-26)24(36)28-18-10-8-17(27)9-11-18/h8-11,15-16,20-21H,4-7,12-14H2,1-3H3,(H,28,36)(H,29,34). The Balaban J connectivity index is 1.29. The molecule has 1 aromatic heterocycles. The van der Waals surface area contributed by atoms with Gasteiger partial charge in [0, 0.05) is 24.3 Å². The van der Waals surface area contributed by atoms with Crippen molar-refractivity contribution in [3.63, 3.8) is 0 Å². The molecular weight excluding hydrogens is 463 g/mol. The van der Waals surface area contributed by atoms with Crippen LogP contribution in [0, 0.1) is 11.2 Å². The minimum atomic E-state index is -1.00. The van der Waals surface area contributed by atoms with Gasteiger partial charge >= 0.3 is 0 Å². The maximum absolute atomic E-state index is 13.8. The second-order valence-electron chi connectivity index (χ2n) is 11.4. The number of aromatic nitrogens is 3. The summed E-state index contributed by atoms with van der Waals surface area (Å²) in [7, 11) is 0. The van der Waals surface area contributed by atoms with Crippen LogP contribution in [0.2, 0.25) is 0 Å². The molecule has 3 aliphatic rings. The fraction of sp³-hybridized carbons (Fsp3) is 0.577. The van der Waals surface area contributed by atoms with Crippen LogP contribution in [0.15, 0.2) is 30.5 Å². The molecule has 2 N–H and O–H groups in total. The number of anilines is 1. The number of nitrogens with one attached hydrogen (secondary N) is 2. The molecule has 10 heteroatoms. The molecule has 36 heavy (non-hydrogen) atoms. The van der Waals surface area contributed by atoms with E-state index in [1.165, 1.54) is 24.3 Å². The van der Waals surface area contributed by atoms with Crippen LogP contribution in [-0.2, 0) is 14.4 Å². The zero-order valence-electron chi connectivity index (χ0n) is 21.0. The summed E-state index contributed by atoms with van der Waals surface area (Å²) in [4.78, 5) is 41.7. The predicted octanol–water partition coefficient (Wildman–Crippen LogP) is 3.16. The first kappa shape index (κ1) is 24.4. The molecule has 1 aliphatic heterocycles. The molecule has 192 valence electrons. The number of amides is 3. The second-order valence-corrected chi connectivity index (χ2v) is 11.4. The minimum Gasteiger partial charge on any atom is -0.340 e. The Morgan fingerprint density at radius 2 is 1.81 bits per heavy atom. The Bertz CT molecular complexity index is 1160. The average molecular weight is 497 g/mol. The molecule has 2 aromatic rings. The van der Waals surface area contributed by atoms with Crippen molar-refractivity contribution in [2.24, 2.45) is 5.41 Å². The lowest BCUT2D eigenvalue weighted by Crippen LogP contribution is -2.55.